The number of benzene rings is 2. The summed E-state index contributed by atoms with van der Waals surface area (Å²) in [6, 6.07) is 21.1. The molecule has 1 fully saturated rings. The van der Waals surface area contributed by atoms with E-state index in [-0.39, 0.29) is 30.5 Å². The van der Waals surface area contributed by atoms with Gasteiger partial charge in [-0.05, 0) is 43.7 Å². The summed E-state index contributed by atoms with van der Waals surface area (Å²) in [4.78, 5) is 46.7. The maximum Gasteiger partial charge on any atom is 0.257 e. The molecular formula is C27H24N4O3S. The van der Waals surface area contributed by atoms with Gasteiger partial charge in [0.25, 0.3) is 5.91 Å². The summed E-state index contributed by atoms with van der Waals surface area (Å²) in [7, 11) is 0. The molecule has 8 heteroatoms. The van der Waals surface area contributed by atoms with Crippen LogP contribution in [0.3, 0.4) is 0 Å². The van der Waals surface area contributed by atoms with Gasteiger partial charge >= 0.3 is 0 Å². The molecule has 1 aliphatic heterocycles. The summed E-state index contributed by atoms with van der Waals surface area (Å²) in [6.07, 6.45) is -0.0813. The molecule has 1 saturated heterocycles. The maximum absolute atomic E-state index is 13.4. The first-order valence-electron chi connectivity index (χ1n) is 11.1. The van der Waals surface area contributed by atoms with Gasteiger partial charge in [0.05, 0.1) is 23.4 Å². The fraction of sp³-hybridized carbons (Fsp3) is 0.222. The minimum Gasteiger partial charge on any atom is -0.325 e. The van der Waals surface area contributed by atoms with Crippen LogP contribution in [0, 0.1) is 25.2 Å². The molecule has 0 bridgehead atoms. The molecule has 0 radical (unpaired) electrons. The lowest BCUT2D eigenvalue weighted by molar-refractivity contribution is -0.136. The van der Waals surface area contributed by atoms with Crippen LogP contribution >= 0.6 is 11.8 Å². The molecule has 3 aromatic rings. The lowest BCUT2D eigenvalue weighted by Crippen LogP contribution is -2.45. The van der Waals surface area contributed by atoms with Gasteiger partial charge in [0.1, 0.15) is 17.1 Å². The third-order valence-electron chi connectivity index (χ3n) is 5.76. The van der Waals surface area contributed by atoms with E-state index in [1.54, 1.807) is 24.3 Å². The largest absolute Gasteiger partial charge is 0.325 e. The first kappa shape index (κ1) is 24.2. The first-order chi connectivity index (χ1) is 16.9. The van der Waals surface area contributed by atoms with E-state index in [0.717, 1.165) is 28.6 Å². The van der Waals surface area contributed by atoms with Gasteiger partial charge in [0, 0.05) is 12.2 Å². The molecule has 0 saturated carbocycles. The zero-order valence-electron chi connectivity index (χ0n) is 19.5. The number of hydrogen-bond acceptors (Lipinski definition) is 6. The second-order valence-corrected chi connectivity index (χ2v) is 9.30. The molecule has 4 rings (SSSR count). The van der Waals surface area contributed by atoms with E-state index in [1.807, 2.05) is 56.3 Å². The number of rotatable bonds is 7. The second kappa shape index (κ2) is 10.5. The van der Waals surface area contributed by atoms with Gasteiger partial charge in [-0.3, -0.25) is 14.4 Å². The van der Waals surface area contributed by atoms with Gasteiger partial charge in [0.2, 0.25) is 11.8 Å². The lowest BCUT2D eigenvalue weighted by atomic mass is 10.1. The molecule has 1 aromatic heterocycles. The van der Waals surface area contributed by atoms with Crippen LogP contribution in [0.4, 0.5) is 5.69 Å². The first-order valence-corrected chi connectivity index (χ1v) is 12.1. The zero-order valence-corrected chi connectivity index (χ0v) is 20.3. The molecule has 0 aliphatic carbocycles. The van der Waals surface area contributed by atoms with Crippen molar-refractivity contribution in [1.82, 2.24) is 9.88 Å². The quantitative estimate of drug-likeness (QED) is 0.371. The highest BCUT2D eigenvalue weighted by Gasteiger charge is 2.44. The number of pyridine rings is 1. The number of carbonyl (C=O) groups excluding carboxylic acids is 3. The van der Waals surface area contributed by atoms with Crippen molar-refractivity contribution in [2.45, 2.75) is 37.9 Å². The Labute approximate surface area is 208 Å². The molecule has 3 amide bonds. The van der Waals surface area contributed by atoms with Crippen molar-refractivity contribution in [2.75, 3.05) is 10.7 Å². The second-order valence-electron chi connectivity index (χ2n) is 8.34. The Morgan fingerprint density at radius 3 is 2.49 bits per heavy atom. The van der Waals surface area contributed by atoms with E-state index in [4.69, 9.17) is 0 Å². The van der Waals surface area contributed by atoms with E-state index in [2.05, 4.69) is 11.1 Å². The molecule has 2 heterocycles. The van der Waals surface area contributed by atoms with Crippen molar-refractivity contribution in [3.05, 3.63) is 89.1 Å². The number of amides is 3. The fourth-order valence-electron chi connectivity index (χ4n) is 3.92. The van der Waals surface area contributed by atoms with Crippen molar-refractivity contribution in [2.24, 2.45) is 0 Å². The van der Waals surface area contributed by atoms with Crippen LogP contribution in [-0.4, -0.2) is 39.4 Å². The van der Waals surface area contributed by atoms with E-state index in [0.29, 0.717) is 16.3 Å². The number of hydrogen-bond donors (Lipinski definition) is 0. The Bertz CT molecular complexity index is 1300. The summed E-state index contributed by atoms with van der Waals surface area (Å²) in [6.45, 7) is 3.94. The van der Waals surface area contributed by atoms with Crippen LogP contribution in [0.25, 0.3) is 0 Å². The van der Waals surface area contributed by atoms with Gasteiger partial charge < -0.3 is 4.90 Å². The highest BCUT2D eigenvalue weighted by atomic mass is 32.2. The number of nitrogens with zero attached hydrogens (tertiary/aromatic N) is 4. The maximum atomic E-state index is 13.4. The molecule has 1 unspecified atom stereocenters. The third-order valence-corrected chi connectivity index (χ3v) is 6.74. The Morgan fingerprint density at radius 2 is 1.80 bits per heavy atom. The molecule has 35 heavy (non-hydrogen) atoms. The van der Waals surface area contributed by atoms with Gasteiger partial charge in [0.15, 0.2) is 0 Å². The number of thioether (sulfide) groups is 1. The monoisotopic (exact) mass is 484 g/mol. The van der Waals surface area contributed by atoms with Gasteiger partial charge in [-0.15, -0.1) is 0 Å². The van der Waals surface area contributed by atoms with Crippen LogP contribution in [0.2, 0.25) is 0 Å². The molecule has 1 aliphatic rings. The number of aryl methyl sites for hydroxylation is 2. The summed E-state index contributed by atoms with van der Waals surface area (Å²) in [5.41, 5.74) is 3.50. The van der Waals surface area contributed by atoms with Crippen molar-refractivity contribution in [3.8, 4) is 6.07 Å². The van der Waals surface area contributed by atoms with E-state index in [9.17, 15) is 19.6 Å². The Kier molecular flexibility index (Phi) is 7.28. The number of carbonyl (C=O) groups is 3. The standard InChI is InChI=1S/C27H24N4O3S/c1-18-8-12-22(13-9-18)31-24(32)14-23(27(31)34)30(16-20-6-4-3-5-7-20)25(33)17-35-26-21(15-28)11-10-19(2)29-26/h3-13,23H,14,16-17H2,1-2H3. The fourth-order valence-corrected chi connectivity index (χ4v) is 4.82. The van der Waals surface area contributed by atoms with Crippen LogP contribution in [-0.2, 0) is 20.9 Å². The average molecular weight is 485 g/mol. The summed E-state index contributed by atoms with van der Waals surface area (Å²) in [5.74, 6) is -1.07. The average Bonchev–Trinajstić information content (AvgIpc) is 3.15. The predicted molar refractivity (Wildman–Crippen MR) is 133 cm³/mol. The molecular weight excluding hydrogens is 460 g/mol. The predicted octanol–water partition coefficient (Wildman–Crippen LogP) is 4.02. The van der Waals surface area contributed by atoms with Gasteiger partial charge in [-0.1, -0.05) is 59.8 Å². The highest BCUT2D eigenvalue weighted by Crippen LogP contribution is 2.28. The Hall–Kier alpha value is -3.96. The topological polar surface area (TPSA) is 94.4 Å². The molecule has 7 nitrogen and oxygen atoms in total. The van der Waals surface area contributed by atoms with Crippen LogP contribution in [0.15, 0.2) is 71.8 Å². The van der Waals surface area contributed by atoms with E-state index < -0.39 is 11.9 Å². The van der Waals surface area contributed by atoms with E-state index in [1.165, 1.54) is 9.80 Å². The normalized spacial score (nSPS) is 15.2. The Balaban J connectivity index is 1.59. The van der Waals surface area contributed by atoms with Crippen LogP contribution < -0.4 is 4.90 Å². The highest BCUT2D eigenvalue weighted by molar-refractivity contribution is 8.00. The van der Waals surface area contributed by atoms with Crippen molar-refractivity contribution in [1.29, 1.82) is 5.26 Å². The lowest BCUT2D eigenvalue weighted by Gasteiger charge is -2.28. The summed E-state index contributed by atoms with van der Waals surface area (Å²) >= 11 is 1.16. The van der Waals surface area contributed by atoms with Crippen LogP contribution in [0.5, 0.6) is 0 Å². The Morgan fingerprint density at radius 1 is 1.09 bits per heavy atom. The van der Waals surface area contributed by atoms with Gasteiger partial charge in [-0.25, -0.2) is 9.88 Å². The summed E-state index contributed by atoms with van der Waals surface area (Å²) < 4.78 is 0. The minimum absolute atomic E-state index is 0.0134. The molecule has 1 atom stereocenters. The smallest absolute Gasteiger partial charge is 0.257 e. The number of anilines is 1. The third kappa shape index (κ3) is 5.42. The number of nitriles is 1. The van der Waals surface area contributed by atoms with E-state index >= 15 is 0 Å². The molecule has 2 aromatic carbocycles. The molecule has 176 valence electrons. The molecule has 0 spiro atoms. The van der Waals surface area contributed by atoms with Gasteiger partial charge in [-0.2, -0.15) is 5.26 Å². The van der Waals surface area contributed by atoms with Crippen molar-refractivity contribution < 1.29 is 14.4 Å². The summed E-state index contributed by atoms with van der Waals surface area (Å²) in [5, 5.41) is 9.85. The minimum atomic E-state index is -0.905. The SMILES string of the molecule is Cc1ccc(N2C(=O)CC(N(Cc3ccccc3)C(=O)CSc3nc(C)ccc3C#N)C2=O)cc1. The number of aromatic nitrogens is 1. The number of imide groups is 1. The van der Waals surface area contributed by atoms with Crippen LogP contribution in [0.1, 0.15) is 28.8 Å². The van der Waals surface area contributed by atoms with Crippen molar-refractivity contribution in [3.63, 3.8) is 0 Å². The molecule has 0 N–H and O–H groups in total. The zero-order chi connectivity index (χ0) is 24.9. The van der Waals surface area contributed by atoms with Crippen molar-refractivity contribution >= 4 is 35.2 Å².